The van der Waals surface area contributed by atoms with Gasteiger partial charge in [-0.15, -0.1) is 0 Å². The zero-order valence-electron chi connectivity index (χ0n) is 10.8. The molecule has 1 fully saturated rings. The van der Waals surface area contributed by atoms with E-state index in [-0.39, 0.29) is 23.5 Å². The van der Waals surface area contributed by atoms with Crippen molar-refractivity contribution in [3.63, 3.8) is 0 Å². The third-order valence-corrected chi connectivity index (χ3v) is 4.20. The average molecular weight is 279 g/mol. The minimum atomic E-state index is 0.00605. The Kier molecular flexibility index (Phi) is 4.61. The summed E-state index contributed by atoms with van der Waals surface area (Å²) in [6.45, 7) is 2.22. The van der Waals surface area contributed by atoms with Gasteiger partial charge in [0, 0.05) is 31.3 Å². The summed E-state index contributed by atoms with van der Waals surface area (Å²) in [6.07, 6.45) is 0.502. The smallest absolute Gasteiger partial charge is 0.227 e. The van der Waals surface area contributed by atoms with Crippen molar-refractivity contribution in [1.82, 2.24) is 0 Å². The summed E-state index contributed by atoms with van der Waals surface area (Å²) in [5.74, 6) is 1.04. The summed E-state index contributed by atoms with van der Waals surface area (Å²) in [4.78, 5) is 24.7. The zero-order chi connectivity index (χ0) is 13.8. The van der Waals surface area contributed by atoms with Crippen molar-refractivity contribution in [3.8, 4) is 0 Å². The topological polar surface area (TPSA) is 57.6 Å². The van der Waals surface area contributed by atoms with E-state index in [1.165, 1.54) is 11.8 Å². The van der Waals surface area contributed by atoms with Crippen LogP contribution in [0.2, 0.25) is 0 Å². The molecule has 0 saturated carbocycles. The van der Waals surface area contributed by atoms with Gasteiger partial charge < -0.3 is 10.0 Å². The lowest BCUT2D eigenvalue weighted by atomic mass is 10.1. The molecular formula is C14H17NO3S. The van der Waals surface area contributed by atoms with E-state index >= 15 is 0 Å². The van der Waals surface area contributed by atoms with Crippen molar-refractivity contribution in [3.05, 3.63) is 29.8 Å². The maximum atomic E-state index is 12.0. The second kappa shape index (κ2) is 6.21. The molecule has 1 saturated heterocycles. The quantitative estimate of drug-likeness (QED) is 0.913. The first-order chi connectivity index (χ1) is 9.10. The van der Waals surface area contributed by atoms with Gasteiger partial charge in [-0.05, 0) is 23.6 Å². The van der Waals surface area contributed by atoms with Gasteiger partial charge in [0.05, 0.1) is 6.61 Å². The number of thioether (sulfide) groups is 1. The summed E-state index contributed by atoms with van der Waals surface area (Å²) in [6, 6.07) is 7.34. The molecule has 0 spiro atoms. The number of hydrogen-bond donors (Lipinski definition) is 1. The van der Waals surface area contributed by atoms with Gasteiger partial charge in [0.15, 0.2) is 5.12 Å². The highest BCUT2D eigenvalue weighted by Gasteiger charge is 2.30. The van der Waals surface area contributed by atoms with Crippen LogP contribution in [-0.4, -0.2) is 28.4 Å². The Labute approximate surface area is 116 Å². The van der Waals surface area contributed by atoms with Crippen LogP contribution in [0.4, 0.5) is 5.69 Å². The van der Waals surface area contributed by atoms with Gasteiger partial charge in [-0.1, -0.05) is 23.9 Å². The fourth-order valence-corrected chi connectivity index (χ4v) is 2.85. The van der Waals surface area contributed by atoms with Gasteiger partial charge in [-0.3, -0.25) is 9.59 Å². The van der Waals surface area contributed by atoms with E-state index in [9.17, 15) is 9.59 Å². The van der Waals surface area contributed by atoms with E-state index in [4.69, 9.17) is 5.11 Å². The van der Waals surface area contributed by atoms with E-state index in [1.807, 2.05) is 24.3 Å². The summed E-state index contributed by atoms with van der Waals surface area (Å²) in [5.41, 5.74) is 1.69. The van der Waals surface area contributed by atoms with E-state index in [0.29, 0.717) is 18.7 Å². The molecule has 0 aliphatic carbocycles. The minimum absolute atomic E-state index is 0.00605. The first-order valence-corrected chi connectivity index (χ1v) is 7.22. The van der Waals surface area contributed by atoms with Crippen LogP contribution in [0.15, 0.2) is 24.3 Å². The molecule has 1 aromatic carbocycles. The molecule has 0 radical (unpaired) electrons. The largest absolute Gasteiger partial charge is 0.392 e. The molecule has 0 bridgehead atoms. The van der Waals surface area contributed by atoms with Crippen molar-refractivity contribution in [1.29, 1.82) is 0 Å². The molecule has 1 unspecified atom stereocenters. The minimum Gasteiger partial charge on any atom is -0.392 e. The number of amides is 1. The highest BCUT2D eigenvalue weighted by molar-refractivity contribution is 8.13. The van der Waals surface area contributed by atoms with Crippen LogP contribution in [0.3, 0.4) is 0 Å². The van der Waals surface area contributed by atoms with E-state index in [1.54, 1.807) is 11.8 Å². The molecular weight excluding hydrogens is 262 g/mol. The highest BCUT2D eigenvalue weighted by atomic mass is 32.2. The summed E-state index contributed by atoms with van der Waals surface area (Å²) < 4.78 is 0. The molecule has 1 heterocycles. The van der Waals surface area contributed by atoms with Crippen LogP contribution in [0.5, 0.6) is 0 Å². The maximum Gasteiger partial charge on any atom is 0.227 e. The molecule has 1 atom stereocenters. The lowest BCUT2D eigenvalue weighted by Crippen LogP contribution is -2.24. The highest BCUT2D eigenvalue weighted by Crippen LogP contribution is 2.27. The second-order valence-electron chi connectivity index (χ2n) is 4.70. The van der Waals surface area contributed by atoms with Gasteiger partial charge in [0.1, 0.15) is 0 Å². The molecule has 5 heteroatoms. The Balaban J connectivity index is 2.00. The van der Waals surface area contributed by atoms with Crippen molar-refractivity contribution in [2.75, 3.05) is 17.2 Å². The number of benzene rings is 1. The van der Waals surface area contributed by atoms with Gasteiger partial charge in [-0.25, -0.2) is 0 Å². The summed E-state index contributed by atoms with van der Waals surface area (Å²) >= 11 is 1.28. The van der Waals surface area contributed by atoms with Crippen molar-refractivity contribution in [2.45, 2.75) is 20.0 Å². The fraction of sp³-hybridized carbons (Fsp3) is 0.429. The average Bonchev–Trinajstić information content (AvgIpc) is 2.78. The second-order valence-corrected chi connectivity index (χ2v) is 5.90. The Hall–Kier alpha value is -1.33. The monoisotopic (exact) mass is 279 g/mol. The third-order valence-electron chi connectivity index (χ3n) is 3.16. The van der Waals surface area contributed by atoms with E-state index < -0.39 is 0 Å². The fourth-order valence-electron chi connectivity index (χ4n) is 2.16. The predicted octanol–water partition coefficient (Wildman–Crippen LogP) is 1.81. The molecule has 1 aliphatic rings. The molecule has 0 aromatic heterocycles. The molecule has 1 N–H and O–H groups in total. The lowest BCUT2D eigenvalue weighted by Gasteiger charge is -2.17. The van der Waals surface area contributed by atoms with Crippen molar-refractivity contribution in [2.24, 2.45) is 5.92 Å². The number of hydrogen-bond acceptors (Lipinski definition) is 4. The number of carbonyl (C=O) groups is 2. The van der Waals surface area contributed by atoms with Crippen LogP contribution in [0, 0.1) is 5.92 Å². The Bertz CT molecular complexity index is 472. The lowest BCUT2D eigenvalue weighted by molar-refractivity contribution is -0.117. The van der Waals surface area contributed by atoms with Crippen LogP contribution in [0.25, 0.3) is 0 Å². The number of aliphatic hydroxyl groups is 1. The van der Waals surface area contributed by atoms with Gasteiger partial charge in [0.25, 0.3) is 0 Å². The number of nitrogens with zero attached hydrogens (tertiary/aromatic N) is 1. The van der Waals surface area contributed by atoms with Gasteiger partial charge in [-0.2, -0.15) is 0 Å². The molecule has 4 nitrogen and oxygen atoms in total. The Morgan fingerprint density at radius 3 is 2.68 bits per heavy atom. The Morgan fingerprint density at radius 1 is 1.42 bits per heavy atom. The molecule has 2 rings (SSSR count). The number of carbonyl (C=O) groups excluding carboxylic acids is 2. The summed E-state index contributed by atoms with van der Waals surface area (Å²) in [7, 11) is 0. The normalized spacial score (nSPS) is 18.9. The van der Waals surface area contributed by atoms with Crippen LogP contribution < -0.4 is 4.90 Å². The van der Waals surface area contributed by atoms with E-state index in [2.05, 4.69) is 0 Å². The maximum absolute atomic E-state index is 12.0. The predicted molar refractivity (Wildman–Crippen MR) is 76.0 cm³/mol. The summed E-state index contributed by atoms with van der Waals surface area (Å²) in [5, 5.41) is 9.09. The number of anilines is 1. The first-order valence-electron chi connectivity index (χ1n) is 6.23. The van der Waals surface area contributed by atoms with Crippen LogP contribution in [-0.2, 0) is 16.2 Å². The van der Waals surface area contributed by atoms with Gasteiger partial charge in [0.2, 0.25) is 5.91 Å². The van der Waals surface area contributed by atoms with Gasteiger partial charge >= 0.3 is 0 Å². The van der Waals surface area contributed by atoms with Crippen LogP contribution >= 0.6 is 11.8 Å². The van der Waals surface area contributed by atoms with Crippen molar-refractivity contribution < 1.29 is 14.7 Å². The molecule has 102 valence electrons. The SMILES string of the molecule is CC(=O)SCC1CC(=O)N(c2ccc(CO)cc2)C1. The standard InChI is InChI=1S/C14H17NO3S/c1-10(17)19-9-12-6-14(18)15(7-12)13-4-2-11(8-16)3-5-13/h2-5,12,16H,6-9H2,1H3. The Morgan fingerprint density at radius 2 is 2.11 bits per heavy atom. The molecule has 1 amide bonds. The third kappa shape index (κ3) is 3.58. The van der Waals surface area contributed by atoms with Crippen LogP contribution in [0.1, 0.15) is 18.9 Å². The van der Waals surface area contributed by atoms with E-state index in [0.717, 1.165) is 11.3 Å². The molecule has 19 heavy (non-hydrogen) atoms. The molecule has 1 aliphatic heterocycles. The molecule has 1 aromatic rings. The van der Waals surface area contributed by atoms with Crippen molar-refractivity contribution >= 4 is 28.5 Å². The number of rotatable bonds is 4. The number of aliphatic hydroxyl groups excluding tert-OH is 1. The first kappa shape index (κ1) is 14.1. The zero-order valence-corrected chi connectivity index (χ0v) is 11.7.